The third-order valence-electron chi connectivity index (χ3n) is 4.18. The highest BCUT2D eigenvalue weighted by Gasteiger charge is 2.44. The second kappa shape index (κ2) is 6.68. The van der Waals surface area contributed by atoms with Crippen molar-refractivity contribution in [2.75, 3.05) is 17.2 Å². The van der Waals surface area contributed by atoms with E-state index in [1.54, 1.807) is 22.9 Å². The van der Waals surface area contributed by atoms with Crippen LogP contribution in [-0.2, 0) is 4.74 Å². The van der Waals surface area contributed by atoms with Gasteiger partial charge < -0.3 is 26.4 Å². The Hall–Kier alpha value is -2.47. The van der Waals surface area contributed by atoms with Gasteiger partial charge in [-0.05, 0) is 12.1 Å². The van der Waals surface area contributed by atoms with Crippen molar-refractivity contribution in [1.29, 1.82) is 0 Å². The van der Waals surface area contributed by atoms with Crippen molar-refractivity contribution >= 4 is 34.4 Å². The van der Waals surface area contributed by atoms with Crippen molar-refractivity contribution in [1.82, 2.24) is 24.5 Å². The Morgan fingerprint density at radius 3 is 2.81 bits per heavy atom. The van der Waals surface area contributed by atoms with Crippen molar-refractivity contribution < 1.29 is 14.9 Å². The van der Waals surface area contributed by atoms with Gasteiger partial charge in [-0.3, -0.25) is 4.57 Å². The highest BCUT2D eigenvalue weighted by atomic mass is 32.2. The molecule has 0 radical (unpaired) electrons. The molecule has 136 valence electrons. The number of thioether (sulfide) groups is 1. The zero-order valence-corrected chi connectivity index (χ0v) is 14.3. The van der Waals surface area contributed by atoms with E-state index in [0.717, 1.165) is 0 Å². The van der Waals surface area contributed by atoms with Crippen molar-refractivity contribution in [2.45, 2.75) is 29.6 Å². The molecule has 11 heteroatoms. The number of nitrogen functional groups attached to an aromatic ring is 2. The molecule has 1 unspecified atom stereocenters. The standard InChI is InChI=1S/C15H17N7O3S/c16-7-2-1-3-18-14(7)26-4-8-10(23)11(24)15(25-8)22-6-21-9-12(17)19-5-20-13(9)22/h1-3,5-6,8,10-11,15,23-24H,4,16H2,(H2,17,19,20)/t8-,10-,11-,15?/m1/s1. The third-order valence-corrected chi connectivity index (χ3v) is 5.29. The molecule has 0 bridgehead atoms. The highest BCUT2D eigenvalue weighted by molar-refractivity contribution is 7.99. The molecule has 3 aromatic heterocycles. The Morgan fingerprint density at radius 2 is 2.00 bits per heavy atom. The zero-order valence-electron chi connectivity index (χ0n) is 13.5. The van der Waals surface area contributed by atoms with Crippen LogP contribution in [0.5, 0.6) is 0 Å². The Balaban J connectivity index is 1.54. The number of aliphatic hydroxyl groups excluding tert-OH is 2. The van der Waals surface area contributed by atoms with E-state index in [9.17, 15) is 10.2 Å². The molecule has 4 atom stereocenters. The fourth-order valence-electron chi connectivity index (χ4n) is 2.84. The number of pyridine rings is 1. The van der Waals surface area contributed by atoms with Crippen LogP contribution in [0.4, 0.5) is 11.5 Å². The van der Waals surface area contributed by atoms with Gasteiger partial charge in [0.15, 0.2) is 17.7 Å². The van der Waals surface area contributed by atoms with Gasteiger partial charge in [-0.1, -0.05) is 0 Å². The fourth-order valence-corrected chi connectivity index (χ4v) is 3.81. The first-order valence-corrected chi connectivity index (χ1v) is 8.82. The summed E-state index contributed by atoms with van der Waals surface area (Å²) in [6, 6.07) is 3.50. The molecule has 0 saturated carbocycles. The zero-order chi connectivity index (χ0) is 18.3. The van der Waals surface area contributed by atoms with Crippen molar-refractivity contribution in [3.63, 3.8) is 0 Å². The van der Waals surface area contributed by atoms with Crippen LogP contribution in [0, 0.1) is 0 Å². The topological polar surface area (TPSA) is 158 Å². The first-order valence-electron chi connectivity index (χ1n) is 7.84. The summed E-state index contributed by atoms with van der Waals surface area (Å²) in [5.41, 5.74) is 13.0. The number of aromatic nitrogens is 5. The number of hydrogen-bond acceptors (Lipinski definition) is 10. The predicted octanol–water partition coefficient (Wildman–Crippen LogP) is -0.203. The van der Waals surface area contributed by atoms with E-state index >= 15 is 0 Å². The second-order valence-electron chi connectivity index (χ2n) is 5.84. The molecular weight excluding hydrogens is 358 g/mol. The van der Waals surface area contributed by atoms with Crippen molar-refractivity contribution in [3.05, 3.63) is 31.0 Å². The van der Waals surface area contributed by atoms with E-state index < -0.39 is 24.5 Å². The summed E-state index contributed by atoms with van der Waals surface area (Å²) >= 11 is 1.35. The molecule has 3 aromatic rings. The molecule has 0 aromatic carbocycles. The van der Waals surface area contributed by atoms with Gasteiger partial charge in [-0.15, -0.1) is 11.8 Å². The molecule has 0 aliphatic carbocycles. The summed E-state index contributed by atoms with van der Waals surface area (Å²) in [6.07, 6.45) is 0.746. The molecule has 1 saturated heterocycles. The molecule has 0 spiro atoms. The third kappa shape index (κ3) is 2.84. The number of fused-ring (bicyclic) bond motifs is 1. The van der Waals surface area contributed by atoms with Gasteiger partial charge in [0.1, 0.15) is 29.1 Å². The van der Waals surface area contributed by atoms with E-state index in [0.29, 0.717) is 27.6 Å². The van der Waals surface area contributed by atoms with Gasteiger partial charge >= 0.3 is 0 Å². The summed E-state index contributed by atoms with van der Waals surface area (Å²) in [5, 5.41) is 21.4. The molecule has 0 amide bonds. The normalized spacial score (nSPS) is 25.8. The number of aliphatic hydroxyl groups is 2. The molecule has 1 aliphatic heterocycles. The molecule has 6 N–H and O–H groups in total. The maximum atomic E-state index is 10.4. The van der Waals surface area contributed by atoms with Crippen LogP contribution in [-0.4, -0.2) is 58.8 Å². The first-order chi connectivity index (χ1) is 12.6. The Morgan fingerprint density at radius 1 is 1.15 bits per heavy atom. The van der Waals surface area contributed by atoms with E-state index in [2.05, 4.69) is 19.9 Å². The molecule has 4 rings (SSSR count). The Kier molecular flexibility index (Phi) is 4.36. The van der Waals surface area contributed by atoms with Gasteiger partial charge in [0, 0.05) is 11.9 Å². The minimum Gasteiger partial charge on any atom is -0.397 e. The van der Waals surface area contributed by atoms with E-state index in [-0.39, 0.29) is 5.82 Å². The van der Waals surface area contributed by atoms with Crippen LogP contribution < -0.4 is 11.5 Å². The maximum absolute atomic E-state index is 10.4. The number of anilines is 2. The van der Waals surface area contributed by atoms with Gasteiger partial charge in [0.05, 0.1) is 18.1 Å². The summed E-state index contributed by atoms with van der Waals surface area (Å²) < 4.78 is 7.41. The lowest BCUT2D eigenvalue weighted by Gasteiger charge is -2.16. The van der Waals surface area contributed by atoms with E-state index in [1.807, 2.05) is 0 Å². The van der Waals surface area contributed by atoms with Crippen molar-refractivity contribution in [2.24, 2.45) is 0 Å². The Labute approximate surface area is 152 Å². The van der Waals surface area contributed by atoms with Crippen LogP contribution in [0.1, 0.15) is 6.23 Å². The van der Waals surface area contributed by atoms with Gasteiger partial charge in [0.2, 0.25) is 0 Å². The fraction of sp³-hybridized carbons (Fsp3) is 0.333. The number of imidazole rings is 1. The molecular formula is C15H17N7O3S. The smallest absolute Gasteiger partial charge is 0.167 e. The van der Waals surface area contributed by atoms with Crippen molar-refractivity contribution in [3.8, 4) is 0 Å². The number of nitrogens with zero attached hydrogens (tertiary/aromatic N) is 5. The predicted molar refractivity (Wildman–Crippen MR) is 95.0 cm³/mol. The largest absolute Gasteiger partial charge is 0.397 e. The Bertz CT molecular complexity index is 936. The SMILES string of the molecule is Nc1cccnc1SC[C@H]1OC(n2cnc3c(N)ncnc32)[C@H](O)[C@@H]1O. The molecule has 10 nitrogen and oxygen atoms in total. The molecule has 1 aliphatic rings. The quantitative estimate of drug-likeness (QED) is 0.450. The van der Waals surface area contributed by atoms with Gasteiger partial charge in [0.25, 0.3) is 0 Å². The molecule has 26 heavy (non-hydrogen) atoms. The average Bonchev–Trinajstić information content (AvgIpc) is 3.18. The molecule has 4 heterocycles. The van der Waals surface area contributed by atoms with Crippen LogP contribution in [0.3, 0.4) is 0 Å². The minimum atomic E-state index is -1.14. The molecule has 1 fully saturated rings. The summed E-state index contributed by atoms with van der Waals surface area (Å²) in [7, 11) is 0. The van der Waals surface area contributed by atoms with Crippen LogP contribution in [0.2, 0.25) is 0 Å². The summed E-state index contributed by atoms with van der Waals surface area (Å²) in [4.78, 5) is 16.4. The lowest BCUT2D eigenvalue weighted by Crippen LogP contribution is -2.32. The minimum absolute atomic E-state index is 0.236. The average molecular weight is 375 g/mol. The van der Waals surface area contributed by atoms with Crippen LogP contribution in [0.25, 0.3) is 11.2 Å². The lowest BCUT2D eigenvalue weighted by atomic mass is 10.1. The number of rotatable bonds is 4. The number of ether oxygens (including phenoxy) is 1. The highest BCUT2D eigenvalue weighted by Crippen LogP contribution is 2.34. The lowest BCUT2D eigenvalue weighted by molar-refractivity contribution is -0.0289. The monoisotopic (exact) mass is 375 g/mol. The second-order valence-corrected chi connectivity index (χ2v) is 6.85. The van der Waals surface area contributed by atoms with Gasteiger partial charge in [-0.2, -0.15) is 0 Å². The van der Waals surface area contributed by atoms with E-state index in [1.165, 1.54) is 24.4 Å². The first kappa shape index (κ1) is 17.0. The number of hydrogen-bond donors (Lipinski definition) is 4. The van der Waals surface area contributed by atoms with Crippen LogP contribution in [0.15, 0.2) is 36.0 Å². The van der Waals surface area contributed by atoms with Gasteiger partial charge in [-0.25, -0.2) is 19.9 Å². The van der Waals surface area contributed by atoms with Crippen LogP contribution >= 0.6 is 11.8 Å². The number of nitrogens with two attached hydrogens (primary N) is 2. The summed E-state index contributed by atoms with van der Waals surface area (Å²) in [5.74, 6) is 0.610. The maximum Gasteiger partial charge on any atom is 0.167 e. The van der Waals surface area contributed by atoms with E-state index in [4.69, 9.17) is 16.2 Å². The summed E-state index contributed by atoms with van der Waals surface area (Å²) in [6.45, 7) is 0.